The molecule has 0 atom stereocenters. The number of hydrogen-bond donors (Lipinski definition) is 0. The van der Waals surface area contributed by atoms with Crippen LogP contribution in [0.1, 0.15) is 6.92 Å². The van der Waals surface area contributed by atoms with Crippen molar-refractivity contribution in [3.05, 3.63) is 38.0 Å². The first-order valence-corrected chi connectivity index (χ1v) is 3.00. The molecule has 0 fully saturated rings. The number of carbonyl (C=O) groups is 2. The summed E-state index contributed by atoms with van der Waals surface area (Å²) >= 11 is 0. The molecule has 2 nitrogen and oxygen atoms in total. The Morgan fingerprint density at radius 2 is 1.27 bits per heavy atom. The van der Waals surface area contributed by atoms with Crippen molar-refractivity contribution in [2.45, 2.75) is 6.92 Å². The van der Waals surface area contributed by atoms with E-state index in [0.717, 1.165) is 0 Å². The molecule has 0 unspecified atom stereocenters. The van der Waals surface area contributed by atoms with Crippen LogP contribution in [0.25, 0.3) is 0 Å². The van der Waals surface area contributed by atoms with Crippen LogP contribution in [0.15, 0.2) is 38.0 Å². The van der Waals surface area contributed by atoms with Gasteiger partial charge in [0.1, 0.15) is 0 Å². The first-order chi connectivity index (χ1) is 5.08. The van der Waals surface area contributed by atoms with E-state index in [1.165, 1.54) is 25.2 Å². The van der Waals surface area contributed by atoms with Crippen molar-refractivity contribution >= 4 is 11.6 Å². The van der Waals surface area contributed by atoms with Crippen molar-refractivity contribution < 1.29 is 9.59 Å². The van der Waals surface area contributed by atoms with Gasteiger partial charge in [0.15, 0.2) is 11.6 Å². The van der Waals surface area contributed by atoms with Crippen LogP contribution in [-0.4, -0.2) is 11.6 Å². The lowest BCUT2D eigenvalue weighted by Gasteiger charge is -1.68. The summed E-state index contributed by atoms with van der Waals surface area (Å²) in [5.41, 5.74) is 0. The third-order valence-corrected chi connectivity index (χ3v) is 0.690. The molecule has 0 radical (unpaired) electrons. The third-order valence-electron chi connectivity index (χ3n) is 0.690. The summed E-state index contributed by atoms with van der Waals surface area (Å²) in [6, 6.07) is 0. The molecule has 0 aromatic rings. The predicted octanol–water partition coefficient (Wildman–Crippen LogP) is 1.69. The van der Waals surface area contributed by atoms with Crippen LogP contribution in [0, 0.1) is 0 Å². The number of ketones is 2. The van der Waals surface area contributed by atoms with E-state index in [1.807, 2.05) is 0 Å². The highest BCUT2D eigenvalue weighted by Gasteiger charge is 1.75. The maximum Gasteiger partial charge on any atom is 0.177 e. The topological polar surface area (TPSA) is 34.1 Å². The van der Waals surface area contributed by atoms with E-state index in [1.54, 1.807) is 0 Å². The van der Waals surface area contributed by atoms with E-state index in [0.29, 0.717) is 0 Å². The molecule has 0 rings (SSSR count). The maximum absolute atomic E-state index is 9.94. The Kier molecular flexibility index (Phi) is 9.54. The minimum Gasteiger partial charge on any atom is -0.295 e. The quantitative estimate of drug-likeness (QED) is 0.577. The van der Waals surface area contributed by atoms with Gasteiger partial charge >= 0.3 is 0 Å². The molecular formula is C9H12O2. The van der Waals surface area contributed by atoms with Crippen molar-refractivity contribution in [2.24, 2.45) is 0 Å². The lowest BCUT2D eigenvalue weighted by molar-refractivity contribution is -0.112. The summed E-state index contributed by atoms with van der Waals surface area (Å²) in [5, 5.41) is 0. The molecular weight excluding hydrogens is 140 g/mol. The Bertz CT molecular complexity index is 168. The standard InChI is InChI=1S/C5H6O.C4H6O/c1-3-5(6)4-2;1-3-4(2)5/h3-4H,1-2H2;3H,1H2,2H3. The molecule has 0 aliphatic heterocycles. The average molecular weight is 152 g/mol. The smallest absolute Gasteiger partial charge is 0.177 e. The molecule has 11 heavy (non-hydrogen) atoms. The van der Waals surface area contributed by atoms with Crippen molar-refractivity contribution in [3.63, 3.8) is 0 Å². The fraction of sp³-hybridized carbons (Fsp3) is 0.111. The molecule has 0 aliphatic rings. The zero-order valence-electron chi connectivity index (χ0n) is 6.67. The van der Waals surface area contributed by atoms with E-state index >= 15 is 0 Å². The lowest BCUT2D eigenvalue weighted by Crippen LogP contribution is -1.78. The Morgan fingerprint density at radius 1 is 1.00 bits per heavy atom. The second kappa shape index (κ2) is 8.56. The average Bonchev–Trinajstić information content (AvgIpc) is 2.04. The highest BCUT2D eigenvalue weighted by Crippen LogP contribution is 1.68. The van der Waals surface area contributed by atoms with Crippen molar-refractivity contribution in [2.75, 3.05) is 0 Å². The highest BCUT2D eigenvalue weighted by molar-refractivity contribution is 5.98. The summed E-state index contributed by atoms with van der Waals surface area (Å²) in [5.74, 6) is -0.111. The van der Waals surface area contributed by atoms with Gasteiger partial charge in [-0.05, 0) is 25.2 Å². The monoisotopic (exact) mass is 152 g/mol. The summed E-state index contributed by atoms with van der Waals surface area (Å²) in [7, 11) is 0. The first kappa shape index (κ1) is 12.3. The zero-order chi connectivity index (χ0) is 9.28. The third kappa shape index (κ3) is 17.7. The molecule has 60 valence electrons. The molecule has 0 amide bonds. The van der Waals surface area contributed by atoms with Crippen LogP contribution in [-0.2, 0) is 9.59 Å². The van der Waals surface area contributed by atoms with Gasteiger partial charge in [0.2, 0.25) is 0 Å². The molecule has 0 aromatic heterocycles. The van der Waals surface area contributed by atoms with Gasteiger partial charge in [0.25, 0.3) is 0 Å². The molecule has 0 heterocycles. The SMILES string of the molecule is C=CC(=O)C=C.C=CC(C)=O. The van der Waals surface area contributed by atoms with Crippen molar-refractivity contribution in [1.29, 1.82) is 0 Å². The highest BCUT2D eigenvalue weighted by atomic mass is 16.1. The van der Waals surface area contributed by atoms with Crippen LogP contribution >= 0.6 is 0 Å². The maximum atomic E-state index is 9.94. The number of rotatable bonds is 3. The molecule has 0 N–H and O–H groups in total. The van der Waals surface area contributed by atoms with Crippen LogP contribution in [0.5, 0.6) is 0 Å². The van der Waals surface area contributed by atoms with E-state index < -0.39 is 0 Å². The minimum absolute atomic E-state index is 0.0185. The van der Waals surface area contributed by atoms with Crippen LogP contribution in [0.4, 0.5) is 0 Å². The van der Waals surface area contributed by atoms with Gasteiger partial charge in [0.05, 0.1) is 0 Å². The minimum atomic E-state index is -0.130. The van der Waals surface area contributed by atoms with E-state index in [9.17, 15) is 9.59 Å². The van der Waals surface area contributed by atoms with Gasteiger partial charge in [-0.1, -0.05) is 19.7 Å². The number of carbonyl (C=O) groups excluding carboxylic acids is 2. The summed E-state index contributed by atoms with van der Waals surface area (Å²) in [4.78, 5) is 19.6. The Balaban J connectivity index is 0. The van der Waals surface area contributed by atoms with Gasteiger partial charge in [-0.3, -0.25) is 9.59 Å². The Hall–Kier alpha value is -1.44. The molecule has 0 bridgehead atoms. The van der Waals surface area contributed by atoms with Gasteiger partial charge in [-0.2, -0.15) is 0 Å². The van der Waals surface area contributed by atoms with Gasteiger partial charge in [0, 0.05) is 0 Å². The number of allylic oxidation sites excluding steroid dienone is 3. The molecule has 0 saturated heterocycles. The fourth-order valence-corrected chi connectivity index (χ4v) is 0.0833. The van der Waals surface area contributed by atoms with Crippen LogP contribution in [0.2, 0.25) is 0 Å². The fourth-order valence-electron chi connectivity index (χ4n) is 0.0833. The largest absolute Gasteiger partial charge is 0.295 e. The van der Waals surface area contributed by atoms with E-state index in [2.05, 4.69) is 19.7 Å². The zero-order valence-corrected chi connectivity index (χ0v) is 6.67. The lowest BCUT2D eigenvalue weighted by atomic mass is 10.4. The first-order valence-electron chi connectivity index (χ1n) is 3.00. The van der Waals surface area contributed by atoms with Crippen LogP contribution < -0.4 is 0 Å². The normalized spacial score (nSPS) is 6.64. The van der Waals surface area contributed by atoms with Gasteiger partial charge < -0.3 is 0 Å². The van der Waals surface area contributed by atoms with Crippen molar-refractivity contribution in [1.82, 2.24) is 0 Å². The summed E-state index contributed by atoms with van der Waals surface area (Å²) in [6.07, 6.45) is 3.71. The Morgan fingerprint density at radius 3 is 1.27 bits per heavy atom. The van der Waals surface area contributed by atoms with Gasteiger partial charge in [-0.25, -0.2) is 0 Å². The summed E-state index contributed by atoms with van der Waals surface area (Å²) < 4.78 is 0. The van der Waals surface area contributed by atoms with Crippen molar-refractivity contribution in [3.8, 4) is 0 Å². The van der Waals surface area contributed by atoms with E-state index in [4.69, 9.17) is 0 Å². The molecule has 0 aliphatic carbocycles. The Labute approximate surface area is 66.9 Å². The van der Waals surface area contributed by atoms with E-state index in [-0.39, 0.29) is 11.6 Å². The van der Waals surface area contributed by atoms with Gasteiger partial charge in [-0.15, -0.1) is 0 Å². The molecule has 0 saturated carbocycles. The molecule has 0 aromatic carbocycles. The predicted molar refractivity (Wildman–Crippen MR) is 46.3 cm³/mol. The number of hydrogen-bond acceptors (Lipinski definition) is 2. The van der Waals surface area contributed by atoms with Crippen LogP contribution in [0.3, 0.4) is 0 Å². The molecule has 0 spiro atoms. The second-order valence-electron chi connectivity index (χ2n) is 1.63. The second-order valence-corrected chi connectivity index (χ2v) is 1.63. The molecule has 2 heteroatoms. The summed E-state index contributed by atoms with van der Waals surface area (Å²) in [6.45, 7) is 11.1.